The van der Waals surface area contributed by atoms with E-state index in [-0.39, 0.29) is 29.2 Å². The fraction of sp³-hybridized carbons (Fsp3) is 0.192. The standard InChI is InChI=1S/C26H19BrN2O4/c27-26-16-9-3-1-7-14(16)21(15-8-2-4-10-17(15)26)22-23(26)25(33)29(24(22)32)13-20(31)28-18-11-5-6-12-19(18)30/h1-12,21-23,30H,13H2,(H,28,31)/t21?,22-,23-,26?/m0/s1. The van der Waals surface area contributed by atoms with Gasteiger partial charge >= 0.3 is 0 Å². The summed E-state index contributed by atoms with van der Waals surface area (Å²) < 4.78 is -0.838. The van der Waals surface area contributed by atoms with Gasteiger partial charge in [-0.05, 0) is 34.4 Å². The smallest absolute Gasteiger partial charge is 0.244 e. The number of phenolic OH excluding ortho intramolecular Hbond substituents is 1. The van der Waals surface area contributed by atoms with Crippen molar-refractivity contribution in [3.63, 3.8) is 0 Å². The lowest BCUT2D eigenvalue weighted by Gasteiger charge is -2.51. The van der Waals surface area contributed by atoms with Crippen molar-refractivity contribution in [3.05, 3.63) is 95.1 Å². The van der Waals surface area contributed by atoms with E-state index in [2.05, 4.69) is 21.2 Å². The number of halogens is 1. The third-order valence-electron chi connectivity index (χ3n) is 7.09. The maximum absolute atomic E-state index is 13.7. The molecule has 1 saturated heterocycles. The van der Waals surface area contributed by atoms with E-state index in [9.17, 15) is 19.5 Å². The average molecular weight is 503 g/mol. The molecule has 4 aliphatic rings. The molecule has 0 saturated carbocycles. The fourth-order valence-corrected chi connectivity index (χ4v) is 7.01. The Morgan fingerprint density at radius 3 is 2.12 bits per heavy atom. The van der Waals surface area contributed by atoms with Crippen LogP contribution in [0.3, 0.4) is 0 Å². The minimum absolute atomic E-state index is 0.0815. The number of aromatic hydroxyl groups is 1. The Hall–Kier alpha value is -3.45. The number of carbonyl (C=O) groups excluding carboxylic acids is 3. The van der Waals surface area contributed by atoms with Crippen LogP contribution in [0.2, 0.25) is 0 Å². The molecule has 0 spiro atoms. The minimum Gasteiger partial charge on any atom is -0.506 e. The molecular weight excluding hydrogens is 484 g/mol. The van der Waals surface area contributed by atoms with Gasteiger partial charge < -0.3 is 10.4 Å². The van der Waals surface area contributed by atoms with Gasteiger partial charge in [-0.25, -0.2) is 0 Å². The molecule has 2 bridgehead atoms. The number of rotatable bonds is 3. The van der Waals surface area contributed by atoms with Gasteiger partial charge in [0.1, 0.15) is 12.3 Å². The number of hydrogen-bond acceptors (Lipinski definition) is 4. The third kappa shape index (κ3) is 2.63. The molecule has 3 aromatic rings. The van der Waals surface area contributed by atoms with Crippen LogP contribution in [0.4, 0.5) is 5.69 Å². The topological polar surface area (TPSA) is 86.7 Å². The number of anilines is 1. The summed E-state index contributed by atoms with van der Waals surface area (Å²) in [5, 5.41) is 12.5. The summed E-state index contributed by atoms with van der Waals surface area (Å²) in [5.41, 5.74) is 4.30. The minimum atomic E-state index is -0.838. The average Bonchev–Trinajstić information content (AvgIpc) is 3.07. The van der Waals surface area contributed by atoms with Crippen molar-refractivity contribution in [2.75, 3.05) is 11.9 Å². The van der Waals surface area contributed by atoms with Crippen LogP contribution >= 0.6 is 15.9 Å². The summed E-state index contributed by atoms with van der Waals surface area (Å²) in [6.07, 6.45) is 0. The Bertz CT molecular complexity index is 1310. The molecule has 3 aliphatic carbocycles. The van der Waals surface area contributed by atoms with Crippen LogP contribution in [-0.4, -0.2) is 34.3 Å². The van der Waals surface area contributed by atoms with Crippen LogP contribution in [0.1, 0.15) is 28.2 Å². The molecule has 7 rings (SSSR count). The van der Waals surface area contributed by atoms with Crippen molar-refractivity contribution in [1.82, 2.24) is 4.90 Å². The van der Waals surface area contributed by atoms with Crippen molar-refractivity contribution in [2.24, 2.45) is 11.8 Å². The van der Waals surface area contributed by atoms with Crippen molar-refractivity contribution in [2.45, 2.75) is 10.2 Å². The zero-order valence-electron chi connectivity index (χ0n) is 17.4. The lowest BCUT2D eigenvalue weighted by Crippen LogP contribution is -2.50. The fourth-order valence-electron chi connectivity index (χ4n) is 5.81. The zero-order chi connectivity index (χ0) is 22.9. The summed E-state index contributed by atoms with van der Waals surface area (Å²) in [5.74, 6) is -2.79. The summed E-state index contributed by atoms with van der Waals surface area (Å²) in [6, 6.07) is 22.2. The van der Waals surface area contributed by atoms with E-state index in [1.54, 1.807) is 18.2 Å². The summed E-state index contributed by atoms with van der Waals surface area (Å²) in [7, 11) is 0. The summed E-state index contributed by atoms with van der Waals surface area (Å²) in [6.45, 7) is -0.401. The number of nitrogens with one attached hydrogen (secondary N) is 1. The number of hydrogen-bond donors (Lipinski definition) is 2. The Morgan fingerprint density at radius 1 is 0.909 bits per heavy atom. The first-order valence-corrected chi connectivity index (χ1v) is 11.5. The van der Waals surface area contributed by atoms with E-state index in [4.69, 9.17) is 0 Å². The molecule has 0 unspecified atom stereocenters. The van der Waals surface area contributed by atoms with E-state index in [0.717, 1.165) is 27.2 Å². The monoisotopic (exact) mass is 502 g/mol. The van der Waals surface area contributed by atoms with Crippen molar-refractivity contribution >= 4 is 39.3 Å². The molecule has 1 aliphatic heterocycles. The molecule has 7 heteroatoms. The molecule has 2 N–H and O–H groups in total. The van der Waals surface area contributed by atoms with Crippen LogP contribution in [0, 0.1) is 11.8 Å². The van der Waals surface area contributed by atoms with E-state index < -0.39 is 28.6 Å². The second kappa shape index (κ2) is 7.02. The van der Waals surface area contributed by atoms with Crippen LogP contribution in [0.15, 0.2) is 72.8 Å². The Labute approximate surface area is 198 Å². The zero-order valence-corrected chi connectivity index (χ0v) is 19.0. The Morgan fingerprint density at radius 2 is 1.48 bits per heavy atom. The SMILES string of the molecule is O=C(CN1C(=O)[C@@H]2[C@@H](C1=O)C1c3ccccc3C2(Br)c2ccccc21)Nc1ccccc1O. The van der Waals surface area contributed by atoms with Crippen LogP contribution < -0.4 is 5.32 Å². The van der Waals surface area contributed by atoms with Crippen molar-refractivity contribution in [3.8, 4) is 5.75 Å². The molecule has 1 heterocycles. The highest BCUT2D eigenvalue weighted by Gasteiger charge is 2.67. The first-order chi connectivity index (χ1) is 15.9. The predicted molar refractivity (Wildman–Crippen MR) is 125 cm³/mol. The quantitative estimate of drug-likeness (QED) is 0.324. The number of phenols is 1. The number of imide groups is 1. The Kier molecular flexibility index (Phi) is 4.29. The highest BCUT2D eigenvalue weighted by atomic mass is 79.9. The van der Waals surface area contributed by atoms with Gasteiger partial charge in [0.2, 0.25) is 17.7 Å². The van der Waals surface area contributed by atoms with Gasteiger partial charge in [-0.15, -0.1) is 0 Å². The number of benzene rings is 3. The van der Waals surface area contributed by atoms with Crippen LogP contribution in [-0.2, 0) is 18.7 Å². The first kappa shape index (κ1) is 20.2. The number of nitrogens with zero attached hydrogens (tertiary/aromatic N) is 1. The van der Waals surface area contributed by atoms with Gasteiger partial charge in [0, 0.05) is 5.92 Å². The molecule has 3 aromatic carbocycles. The first-order valence-electron chi connectivity index (χ1n) is 10.7. The molecule has 33 heavy (non-hydrogen) atoms. The number of carbonyl (C=O) groups is 3. The maximum Gasteiger partial charge on any atom is 0.244 e. The van der Waals surface area contributed by atoms with Gasteiger partial charge in [0.15, 0.2) is 0 Å². The number of para-hydroxylation sites is 2. The second-order valence-corrected chi connectivity index (χ2v) is 9.95. The van der Waals surface area contributed by atoms with E-state index in [1.165, 1.54) is 6.07 Å². The van der Waals surface area contributed by atoms with Gasteiger partial charge in [0.05, 0.1) is 21.8 Å². The van der Waals surface area contributed by atoms with Crippen molar-refractivity contribution < 1.29 is 19.5 Å². The molecule has 1 fully saturated rings. The lowest BCUT2D eigenvalue weighted by molar-refractivity contribution is -0.142. The van der Waals surface area contributed by atoms with Crippen LogP contribution in [0.5, 0.6) is 5.75 Å². The largest absolute Gasteiger partial charge is 0.506 e. The molecule has 3 amide bonds. The predicted octanol–water partition coefficient (Wildman–Crippen LogP) is 3.73. The van der Waals surface area contributed by atoms with E-state index in [1.807, 2.05) is 48.5 Å². The second-order valence-electron chi connectivity index (χ2n) is 8.70. The molecule has 164 valence electrons. The molecule has 6 nitrogen and oxygen atoms in total. The van der Waals surface area contributed by atoms with Gasteiger partial charge in [-0.3, -0.25) is 19.3 Å². The summed E-state index contributed by atoms with van der Waals surface area (Å²) in [4.78, 5) is 41.1. The number of amides is 3. The molecule has 2 atom stereocenters. The third-order valence-corrected chi connectivity index (χ3v) is 8.43. The number of likely N-dealkylation sites (tertiary alicyclic amines) is 1. The summed E-state index contributed by atoms with van der Waals surface area (Å²) >= 11 is 3.93. The molecule has 0 radical (unpaired) electrons. The molecular formula is C26H19BrN2O4. The Balaban J connectivity index is 1.40. The van der Waals surface area contributed by atoms with Gasteiger partial charge in [0.25, 0.3) is 0 Å². The van der Waals surface area contributed by atoms with E-state index >= 15 is 0 Å². The van der Waals surface area contributed by atoms with Gasteiger partial charge in [-0.1, -0.05) is 76.6 Å². The van der Waals surface area contributed by atoms with Crippen LogP contribution in [0.25, 0.3) is 0 Å². The number of alkyl halides is 1. The van der Waals surface area contributed by atoms with E-state index in [0.29, 0.717) is 0 Å². The molecule has 0 aromatic heterocycles. The highest BCUT2D eigenvalue weighted by Crippen LogP contribution is 2.66. The normalized spacial score (nSPS) is 26.6. The lowest BCUT2D eigenvalue weighted by atomic mass is 9.55. The highest BCUT2D eigenvalue weighted by molar-refractivity contribution is 9.09. The maximum atomic E-state index is 13.7. The van der Waals surface area contributed by atoms with Gasteiger partial charge in [-0.2, -0.15) is 0 Å². The van der Waals surface area contributed by atoms with Crippen molar-refractivity contribution in [1.29, 1.82) is 0 Å².